The predicted octanol–water partition coefficient (Wildman–Crippen LogP) is 3.30. The molecule has 1 N–H and O–H groups in total. The van der Waals surface area contributed by atoms with Gasteiger partial charge in [-0.2, -0.15) is 0 Å². The first-order valence-electron chi connectivity index (χ1n) is 6.36. The number of ether oxygens (including phenoxy) is 1. The second kappa shape index (κ2) is 6.08. The number of halogens is 2. The molecule has 1 aliphatic heterocycles. The van der Waals surface area contributed by atoms with Crippen molar-refractivity contribution in [2.24, 2.45) is 0 Å². The van der Waals surface area contributed by atoms with Gasteiger partial charge in [-0.05, 0) is 52.7 Å². The number of aromatic nitrogens is 2. The van der Waals surface area contributed by atoms with Crippen LogP contribution in [0.2, 0.25) is 5.15 Å². The molecule has 20 heavy (non-hydrogen) atoms. The lowest BCUT2D eigenvalue weighted by Crippen LogP contribution is -2.46. The summed E-state index contributed by atoms with van der Waals surface area (Å²) in [6, 6.07) is 6.16. The molecule has 104 valence electrons. The molecular weight excluding hydrogens is 342 g/mol. The topological polar surface area (TPSA) is 47.0 Å². The number of nitrogens with zero attached hydrogens (tertiary/aromatic N) is 2. The molecule has 0 bridgehead atoms. The first kappa shape index (κ1) is 13.8. The third kappa shape index (κ3) is 3.11. The quantitative estimate of drug-likeness (QED) is 0.856. The van der Waals surface area contributed by atoms with Crippen LogP contribution in [0.25, 0.3) is 11.1 Å². The number of rotatable bonds is 4. The van der Waals surface area contributed by atoms with E-state index in [0.29, 0.717) is 17.8 Å². The second-order valence-electron chi connectivity index (χ2n) is 4.63. The van der Waals surface area contributed by atoms with Crippen molar-refractivity contribution < 1.29 is 4.74 Å². The summed E-state index contributed by atoms with van der Waals surface area (Å²) in [5, 5.41) is 3.75. The number of pyridine rings is 2. The molecule has 1 fully saturated rings. The maximum Gasteiger partial charge on any atom is 0.138 e. The standard InChI is InChI=1S/C14H13BrClN3O/c15-13-5-9(1-3-18-13)12-6-11(7-19-14(12)16)20-8-10-2-4-17-10/h1,3,5-7,10,17H,2,4,8H2/t10-/m0/s1. The molecule has 0 radical (unpaired) electrons. The van der Waals surface area contributed by atoms with Crippen molar-refractivity contribution >= 4 is 27.5 Å². The van der Waals surface area contributed by atoms with Crippen LogP contribution in [0.5, 0.6) is 5.75 Å². The third-order valence-electron chi connectivity index (χ3n) is 3.23. The fraction of sp³-hybridized carbons (Fsp3) is 0.286. The molecule has 0 spiro atoms. The molecule has 2 aromatic heterocycles. The molecule has 2 aromatic rings. The normalized spacial score (nSPS) is 17.6. The Bertz CT molecular complexity index is 619. The average Bonchev–Trinajstić information content (AvgIpc) is 2.39. The van der Waals surface area contributed by atoms with E-state index in [9.17, 15) is 0 Å². The van der Waals surface area contributed by atoms with Crippen LogP contribution in [0.1, 0.15) is 6.42 Å². The molecule has 3 heterocycles. The summed E-state index contributed by atoms with van der Waals surface area (Å²) < 4.78 is 6.51. The van der Waals surface area contributed by atoms with Crippen LogP contribution >= 0.6 is 27.5 Å². The first-order valence-corrected chi connectivity index (χ1v) is 7.53. The Morgan fingerprint density at radius 3 is 2.95 bits per heavy atom. The van der Waals surface area contributed by atoms with Gasteiger partial charge < -0.3 is 10.1 Å². The van der Waals surface area contributed by atoms with E-state index >= 15 is 0 Å². The van der Waals surface area contributed by atoms with Crippen LogP contribution in [-0.4, -0.2) is 29.2 Å². The molecule has 0 aromatic carbocycles. The maximum absolute atomic E-state index is 6.17. The SMILES string of the molecule is Clc1ncc(OC[C@@H]2CCN2)cc1-c1ccnc(Br)c1. The Kier molecular flexibility index (Phi) is 4.19. The van der Waals surface area contributed by atoms with Gasteiger partial charge in [0.15, 0.2) is 0 Å². The minimum atomic E-state index is 0.448. The third-order valence-corrected chi connectivity index (χ3v) is 3.96. The molecule has 6 heteroatoms. The highest BCUT2D eigenvalue weighted by atomic mass is 79.9. The van der Waals surface area contributed by atoms with Crippen LogP contribution < -0.4 is 10.1 Å². The second-order valence-corrected chi connectivity index (χ2v) is 5.80. The molecule has 0 unspecified atom stereocenters. The summed E-state index contributed by atoms with van der Waals surface area (Å²) in [4.78, 5) is 8.30. The van der Waals surface area contributed by atoms with Gasteiger partial charge in [0.25, 0.3) is 0 Å². The maximum atomic E-state index is 6.17. The zero-order valence-electron chi connectivity index (χ0n) is 10.6. The first-order chi connectivity index (χ1) is 9.72. The highest BCUT2D eigenvalue weighted by Crippen LogP contribution is 2.30. The Labute approximate surface area is 130 Å². The van der Waals surface area contributed by atoms with Gasteiger partial charge in [-0.25, -0.2) is 9.97 Å². The van der Waals surface area contributed by atoms with E-state index in [0.717, 1.165) is 34.4 Å². The highest BCUT2D eigenvalue weighted by molar-refractivity contribution is 9.10. The van der Waals surface area contributed by atoms with Gasteiger partial charge in [-0.1, -0.05) is 11.6 Å². The Hall–Kier alpha value is -1.17. The molecular formula is C14H13BrClN3O. The van der Waals surface area contributed by atoms with E-state index in [1.54, 1.807) is 12.4 Å². The van der Waals surface area contributed by atoms with Crippen LogP contribution in [-0.2, 0) is 0 Å². The minimum absolute atomic E-state index is 0.448. The Morgan fingerprint density at radius 2 is 2.25 bits per heavy atom. The fourth-order valence-electron chi connectivity index (χ4n) is 1.97. The van der Waals surface area contributed by atoms with E-state index < -0.39 is 0 Å². The monoisotopic (exact) mass is 353 g/mol. The Balaban J connectivity index is 1.82. The van der Waals surface area contributed by atoms with Crippen LogP contribution in [0.15, 0.2) is 35.2 Å². The summed E-state index contributed by atoms with van der Waals surface area (Å²) in [5.74, 6) is 0.728. The van der Waals surface area contributed by atoms with Crippen molar-refractivity contribution in [3.8, 4) is 16.9 Å². The number of hydrogen-bond acceptors (Lipinski definition) is 4. The molecule has 0 amide bonds. The lowest BCUT2D eigenvalue weighted by Gasteiger charge is -2.27. The van der Waals surface area contributed by atoms with Crippen LogP contribution in [0.4, 0.5) is 0 Å². The van der Waals surface area contributed by atoms with Gasteiger partial charge in [-0.15, -0.1) is 0 Å². The average molecular weight is 355 g/mol. The van der Waals surface area contributed by atoms with Crippen molar-refractivity contribution in [3.05, 3.63) is 40.3 Å². The molecule has 4 nitrogen and oxygen atoms in total. The van der Waals surface area contributed by atoms with Gasteiger partial charge >= 0.3 is 0 Å². The molecule has 0 aliphatic carbocycles. The van der Waals surface area contributed by atoms with Gasteiger partial charge in [0.05, 0.1) is 6.20 Å². The van der Waals surface area contributed by atoms with E-state index in [1.807, 2.05) is 18.2 Å². The lowest BCUT2D eigenvalue weighted by molar-refractivity contribution is 0.217. The molecule has 0 saturated carbocycles. The van der Waals surface area contributed by atoms with Crippen molar-refractivity contribution in [2.75, 3.05) is 13.2 Å². The van der Waals surface area contributed by atoms with Gasteiger partial charge in [0.1, 0.15) is 22.1 Å². The zero-order chi connectivity index (χ0) is 13.9. The summed E-state index contributed by atoms with van der Waals surface area (Å²) >= 11 is 9.52. The highest BCUT2D eigenvalue weighted by Gasteiger charge is 2.17. The lowest BCUT2D eigenvalue weighted by atomic mass is 10.1. The van der Waals surface area contributed by atoms with E-state index in [-0.39, 0.29) is 0 Å². The summed E-state index contributed by atoms with van der Waals surface area (Å²) in [5.41, 5.74) is 1.80. The smallest absolute Gasteiger partial charge is 0.138 e. The van der Waals surface area contributed by atoms with Gasteiger partial charge in [0, 0.05) is 17.8 Å². The number of hydrogen-bond donors (Lipinski definition) is 1. The van der Waals surface area contributed by atoms with Crippen molar-refractivity contribution in [1.82, 2.24) is 15.3 Å². The molecule has 1 saturated heterocycles. The molecule has 3 rings (SSSR count). The molecule has 1 aliphatic rings. The van der Waals surface area contributed by atoms with Crippen molar-refractivity contribution in [2.45, 2.75) is 12.5 Å². The fourth-order valence-corrected chi connectivity index (χ4v) is 2.55. The van der Waals surface area contributed by atoms with E-state index in [2.05, 4.69) is 31.2 Å². The van der Waals surface area contributed by atoms with Crippen LogP contribution in [0.3, 0.4) is 0 Å². The van der Waals surface area contributed by atoms with E-state index in [1.165, 1.54) is 0 Å². The summed E-state index contributed by atoms with van der Waals surface area (Å²) in [6.45, 7) is 1.73. The predicted molar refractivity (Wildman–Crippen MR) is 82.1 cm³/mol. The largest absolute Gasteiger partial charge is 0.490 e. The Morgan fingerprint density at radius 1 is 1.40 bits per heavy atom. The molecule has 1 atom stereocenters. The summed E-state index contributed by atoms with van der Waals surface area (Å²) in [7, 11) is 0. The van der Waals surface area contributed by atoms with Crippen molar-refractivity contribution in [1.29, 1.82) is 0 Å². The van der Waals surface area contributed by atoms with Crippen molar-refractivity contribution in [3.63, 3.8) is 0 Å². The van der Waals surface area contributed by atoms with Crippen LogP contribution in [0, 0.1) is 0 Å². The number of nitrogens with one attached hydrogen (secondary N) is 1. The van der Waals surface area contributed by atoms with Gasteiger partial charge in [-0.3, -0.25) is 0 Å². The zero-order valence-corrected chi connectivity index (χ0v) is 13.0. The van der Waals surface area contributed by atoms with E-state index in [4.69, 9.17) is 16.3 Å². The minimum Gasteiger partial charge on any atom is -0.490 e. The van der Waals surface area contributed by atoms with Gasteiger partial charge in [0.2, 0.25) is 0 Å². The summed E-state index contributed by atoms with van der Waals surface area (Å²) in [6.07, 6.45) is 4.54.